The lowest BCUT2D eigenvalue weighted by atomic mass is 9.39. The van der Waals surface area contributed by atoms with Crippen LogP contribution in [0.5, 0.6) is 0 Å². The van der Waals surface area contributed by atoms with E-state index in [1.807, 2.05) is 6.92 Å². The van der Waals surface area contributed by atoms with Crippen LogP contribution in [0.25, 0.3) is 0 Å². The Bertz CT molecular complexity index is 652. The van der Waals surface area contributed by atoms with Gasteiger partial charge in [-0.05, 0) is 86.9 Å². The van der Waals surface area contributed by atoms with Gasteiger partial charge in [-0.2, -0.15) is 5.48 Å². The zero-order valence-corrected chi connectivity index (χ0v) is 17.6. The summed E-state index contributed by atoms with van der Waals surface area (Å²) in [6.07, 6.45) is 9.88. The zero-order chi connectivity index (χ0) is 19.1. The van der Waals surface area contributed by atoms with Crippen molar-refractivity contribution >= 4 is 5.97 Å². The summed E-state index contributed by atoms with van der Waals surface area (Å²) in [5, 5.41) is 0. The highest BCUT2D eigenvalue weighted by molar-refractivity contribution is 5.77. The number of ether oxygens (including phenoxy) is 1. The predicted molar refractivity (Wildman–Crippen MR) is 104 cm³/mol. The number of carbonyl (C=O) groups excluding carboxylic acids is 1. The number of esters is 1. The monoisotopic (exact) mass is 375 g/mol. The van der Waals surface area contributed by atoms with E-state index in [0.29, 0.717) is 35.3 Å². The summed E-state index contributed by atoms with van der Waals surface area (Å²) < 4.78 is 5.59. The third-order valence-corrected chi connectivity index (χ3v) is 10.2. The minimum absolute atomic E-state index is 0.0627. The molecule has 2 unspecified atom stereocenters. The zero-order valence-electron chi connectivity index (χ0n) is 17.6. The van der Waals surface area contributed by atoms with E-state index in [1.54, 1.807) is 0 Å². The third-order valence-electron chi connectivity index (χ3n) is 10.2. The molecule has 0 aromatic carbocycles. The molecular formula is C23H37NO3. The fourth-order valence-electron chi connectivity index (χ4n) is 9.28. The second-order valence-electron chi connectivity index (χ2n) is 11.3. The highest BCUT2D eigenvalue weighted by Crippen LogP contribution is 2.75. The van der Waals surface area contributed by atoms with Crippen molar-refractivity contribution in [2.24, 2.45) is 39.4 Å². The van der Waals surface area contributed by atoms with Gasteiger partial charge in [-0.25, -0.2) is 0 Å². The predicted octanol–water partition coefficient (Wildman–Crippen LogP) is 4.48. The van der Waals surface area contributed by atoms with Gasteiger partial charge in [0.1, 0.15) is 0 Å². The van der Waals surface area contributed by atoms with E-state index >= 15 is 0 Å². The number of carbonyl (C=O) groups is 1. The summed E-state index contributed by atoms with van der Waals surface area (Å²) in [7, 11) is 0. The summed E-state index contributed by atoms with van der Waals surface area (Å²) in [4.78, 5) is 18.8. The van der Waals surface area contributed by atoms with Crippen molar-refractivity contribution in [2.45, 2.75) is 85.1 Å². The minimum Gasteiger partial charge on any atom is -0.466 e. The third kappa shape index (κ3) is 2.15. The van der Waals surface area contributed by atoms with Crippen molar-refractivity contribution in [3.63, 3.8) is 0 Å². The van der Waals surface area contributed by atoms with E-state index in [-0.39, 0.29) is 16.8 Å². The van der Waals surface area contributed by atoms with Crippen LogP contribution >= 0.6 is 0 Å². The summed E-state index contributed by atoms with van der Waals surface area (Å²) in [6, 6.07) is 0.530. The molecule has 1 heterocycles. The van der Waals surface area contributed by atoms with Gasteiger partial charge >= 0.3 is 5.97 Å². The number of hydrogen-bond acceptors (Lipinski definition) is 4. The lowest BCUT2D eigenvalue weighted by molar-refractivity contribution is -0.193. The molecule has 0 amide bonds. The van der Waals surface area contributed by atoms with Crippen LogP contribution in [0.4, 0.5) is 0 Å². The molecular weight excluding hydrogens is 338 g/mol. The van der Waals surface area contributed by atoms with Crippen LogP contribution in [0.3, 0.4) is 0 Å². The molecule has 2 bridgehead atoms. The van der Waals surface area contributed by atoms with Crippen molar-refractivity contribution in [1.29, 1.82) is 0 Å². The Labute approximate surface area is 164 Å². The first-order valence-electron chi connectivity index (χ1n) is 11.3. The number of nitrogens with one attached hydrogen (secondary N) is 1. The van der Waals surface area contributed by atoms with Crippen LogP contribution in [-0.2, 0) is 14.4 Å². The van der Waals surface area contributed by atoms with Gasteiger partial charge in [-0.3, -0.25) is 4.79 Å². The molecule has 1 saturated heterocycles. The first kappa shape index (κ1) is 18.4. The van der Waals surface area contributed by atoms with Crippen molar-refractivity contribution in [3.05, 3.63) is 0 Å². The van der Waals surface area contributed by atoms with Gasteiger partial charge < -0.3 is 9.57 Å². The van der Waals surface area contributed by atoms with E-state index < -0.39 is 0 Å². The van der Waals surface area contributed by atoms with Crippen LogP contribution in [0, 0.1) is 39.4 Å². The smallest absolute Gasteiger partial charge is 0.312 e. The average Bonchev–Trinajstić information content (AvgIpc) is 3.17. The number of rotatable bonds is 2. The van der Waals surface area contributed by atoms with E-state index in [9.17, 15) is 4.79 Å². The van der Waals surface area contributed by atoms with Crippen molar-refractivity contribution in [3.8, 4) is 0 Å². The maximum Gasteiger partial charge on any atom is 0.312 e. The lowest BCUT2D eigenvalue weighted by Gasteiger charge is -2.65. The molecule has 1 spiro atoms. The molecule has 0 aromatic heterocycles. The van der Waals surface area contributed by atoms with E-state index in [1.165, 1.54) is 38.5 Å². The summed E-state index contributed by atoms with van der Waals surface area (Å²) in [6.45, 7) is 10.6. The fourth-order valence-corrected chi connectivity index (χ4v) is 9.28. The van der Waals surface area contributed by atoms with Gasteiger partial charge in [0.2, 0.25) is 0 Å². The van der Waals surface area contributed by atoms with Gasteiger partial charge in [0.05, 0.1) is 18.6 Å². The topological polar surface area (TPSA) is 47.6 Å². The Morgan fingerprint density at radius 2 is 1.89 bits per heavy atom. The highest BCUT2D eigenvalue weighted by atomic mass is 16.7. The molecule has 5 rings (SSSR count). The molecule has 152 valence electrons. The van der Waals surface area contributed by atoms with Crippen LogP contribution in [0.1, 0.15) is 79.1 Å². The van der Waals surface area contributed by atoms with Gasteiger partial charge in [-0.1, -0.05) is 20.3 Å². The van der Waals surface area contributed by atoms with E-state index in [2.05, 4.69) is 26.3 Å². The Balaban J connectivity index is 1.54. The Morgan fingerprint density at radius 3 is 2.67 bits per heavy atom. The highest BCUT2D eigenvalue weighted by Gasteiger charge is 2.72. The van der Waals surface area contributed by atoms with Gasteiger partial charge in [0.15, 0.2) is 0 Å². The molecule has 4 aliphatic carbocycles. The number of hydrogen-bond donors (Lipinski definition) is 1. The van der Waals surface area contributed by atoms with Gasteiger partial charge in [-0.15, -0.1) is 0 Å². The molecule has 4 heteroatoms. The van der Waals surface area contributed by atoms with Crippen molar-refractivity contribution in [1.82, 2.24) is 5.48 Å². The second-order valence-corrected chi connectivity index (χ2v) is 11.3. The standard InChI is InChI=1S/C23H37NO3/c1-5-26-19(25)22(4)10-6-9-21(3)16(22)8-12-23-14-20(2,11-7-17(21)23)18-15(23)13-27-24-18/h15-18,24H,5-14H2,1-4H3/t15-,16?,17?,18+,20+,21-,22-,23-/m1/s1. The quantitative estimate of drug-likeness (QED) is 0.723. The van der Waals surface area contributed by atoms with E-state index in [4.69, 9.17) is 9.57 Å². The maximum absolute atomic E-state index is 13.0. The van der Waals surface area contributed by atoms with Crippen LogP contribution < -0.4 is 5.48 Å². The molecule has 5 fully saturated rings. The minimum atomic E-state index is -0.298. The number of fused-ring (bicyclic) bond motifs is 5. The molecule has 4 nitrogen and oxygen atoms in total. The molecule has 1 aliphatic heterocycles. The molecule has 27 heavy (non-hydrogen) atoms. The summed E-state index contributed by atoms with van der Waals surface area (Å²) >= 11 is 0. The summed E-state index contributed by atoms with van der Waals surface area (Å²) in [5.41, 5.74) is 4.19. The Morgan fingerprint density at radius 1 is 1.11 bits per heavy atom. The van der Waals surface area contributed by atoms with Crippen LogP contribution in [0.2, 0.25) is 0 Å². The largest absolute Gasteiger partial charge is 0.466 e. The Kier molecular flexibility index (Phi) is 3.90. The molecule has 1 N–H and O–H groups in total. The molecule has 8 atom stereocenters. The van der Waals surface area contributed by atoms with Crippen LogP contribution in [-0.4, -0.2) is 25.2 Å². The summed E-state index contributed by atoms with van der Waals surface area (Å²) in [5.74, 6) is 1.91. The normalized spacial score (nSPS) is 56.1. The first-order valence-corrected chi connectivity index (χ1v) is 11.3. The SMILES string of the molecule is CCOC(=O)[C@]1(C)CCC[C@@]2(C)C3CC[C@@]4(C)C[C@]3(CCC21)[C@@H]1CON[C@@H]14. The maximum atomic E-state index is 13.0. The van der Waals surface area contributed by atoms with Crippen LogP contribution in [0.15, 0.2) is 0 Å². The van der Waals surface area contributed by atoms with E-state index in [0.717, 1.165) is 25.4 Å². The molecule has 4 saturated carbocycles. The van der Waals surface area contributed by atoms with Gasteiger partial charge in [0.25, 0.3) is 0 Å². The fraction of sp³-hybridized carbons (Fsp3) is 0.957. The number of hydroxylamine groups is 1. The van der Waals surface area contributed by atoms with Gasteiger partial charge in [0, 0.05) is 12.0 Å². The average molecular weight is 376 g/mol. The Hall–Kier alpha value is -0.610. The molecule has 0 aromatic rings. The van der Waals surface area contributed by atoms with Crippen molar-refractivity contribution in [2.75, 3.05) is 13.2 Å². The van der Waals surface area contributed by atoms with Crippen molar-refractivity contribution < 1.29 is 14.4 Å². The lowest BCUT2D eigenvalue weighted by Crippen LogP contribution is -2.60. The molecule has 5 aliphatic rings. The molecule has 0 radical (unpaired) electrons. The first-order chi connectivity index (χ1) is 12.8. The second kappa shape index (κ2) is 5.72.